The number of benzene rings is 1. The molecule has 1 aromatic carbocycles. The van der Waals surface area contributed by atoms with Crippen LogP contribution in [0.2, 0.25) is 0 Å². The standard InChI is InChI=1S/C17H18N4O3/c22-16-1-2-17-13(9-16)10-20(11-14-3-7-23-18-14)5-6-21(17)12-15-4-8-24-19-15/h1-4,7-9,22H,5-6,10-12H2. The van der Waals surface area contributed by atoms with Crippen molar-refractivity contribution in [2.45, 2.75) is 19.6 Å². The fourth-order valence-corrected chi connectivity index (χ4v) is 3.07. The minimum absolute atomic E-state index is 0.276. The Morgan fingerprint density at radius 1 is 0.958 bits per heavy atom. The monoisotopic (exact) mass is 326 g/mol. The van der Waals surface area contributed by atoms with E-state index in [1.165, 1.54) is 0 Å². The Morgan fingerprint density at radius 2 is 1.71 bits per heavy atom. The van der Waals surface area contributed by atoms with Crippen LogP contribution in [-0.4, -0.2) is 33.4 Å². The lowest BCUT2D eigenvalue weighted by Crippen LogP contribution is -2.31. The first kappa shape index (κ1) is 14.8. The first-order valence-electron chi connectivity index (χ1n) is 7.85. The van der Waals surface area contributed by atoms with Gasteiger partial charge in [-0.05, 0) is 23.8 Å². The quantitative estimate of drug-likeness (QED) is 0.788. The Hall–Kier alpha value is -2.80. The lowest BCUT2D eigenvalue weighted by molar-refractivity contribution is 0.258. The topological polar surface area (TPSA) is 78.8 Å². The highest BCUT2D eigenvalue weighted by atomic mass is 16.5. The van der Waals surface area contributed by atoms with Crippen molar-refractivity contribution in [1.29, 1.82) is 0 Å². The molecule has 0 spiro atoms. The molecule has 3 heterocycles. The van der Waals surface area contributed by atoms with Crippen molar-refractivity contribution in [1.82, 2.24) is 15.2 Å². The molecule has 0 bridgehead atoms. The van der Waals surface area contributed by atoms with Gasteiger partial charge >= 0.3 is 0 Å². The average molecular weight is 326 g/mol. The number of hydrogen-bond acceptors (Lipinski definition) is 7. The summed E-state index contributed by atoms with van der Waals surface area (Å²) in [6, 6.07) is 9.26. The summed E-state index contributed by atoms with van der Waals surface area (Å²) in [5.41, 5.74) is 3.98. The maximum Gasteiger partial charge on any atom is 0.124 e. The molecule has 0 unspecified atom stereocenters. The van der Waals surface area contributed by atoms with E-state index in [2.05, 4.69) is 20.1 Å². The number of aromatic hydroxyl groups is 1. The number of rotatable bonds is 4. The van der Waals surface area contributed by atoms with Crippen LogP contribution in [0, 0.1) is 0 Å². The van der Waals surface area contributed by atoms with E-state index in [9.17, 15) is 5.11 Å². The van der Waals surface area contributed by atoms with Gasteiger partial charge in [0, 0.05) is 44.0 Å². The zero-order valence-electron chi connectivity index (χ0n) is 13.1. The van der Waals surface area contributed by atoms with Crippen LogP contribution in [0.5, 0.6) is 5.75 Å². The van der Waals surface area contributed by atoms with Crippen LogP contribution in [-0.2, 0) is 19.6 Å². The van der Waals surface area contributed by atoms with Crippen molar-refractivity contribution in [3.8, 4) is 5.75 Å². The van der Waals surface area contributed by atoms with Gasteiger partial charge in [0.05, 0.1) is 12.2 Å². The summed E-state index contributed by atoms with van der Waals surface area (Å²) >= 11 is 0. The smallest absolute Gasteiger partial charge is 0.124 e. The molecule has 7 nitrogen and oxygen atoms in total. The molecule has 24 heavy (non-hydrogen) atoms. The van der Waals surface area contributed by atoms with Gasteiger partial charge in [-0.2, -0.15) is 0 Å². The summed E-state index contributed by atoms with van der Waals surface area (Å²) in [4.78, 5) is 4.55. The number of aromatic nitrogens is 2. The SMILES string of the molecule is Oc1ccc2c(c1)CN(Cc1ccon1)CCN2Cc1ccon1. The van der Waals surface area contributed by atoms with Crippen LogP contribution in [0.25, 0.3) is 0 Å². The number of nitrogens with zero attached hydrogens (tertiary/aromatic N) is 4. The first-order valence-corrected chi connectivity index (χ1v) is 7.85. The number of anilines is 1. The maximum atomic E-state index is 9.87. The molecule has 124 valence electrons. The second kappa shape index (κ2) is 6.37. The molecule has 1 aliphatic heterocycles. The summed E-state index contributed by atoms with van der Waals surface area (Å²) in [6.45, 7) is 3.85. The first-order chi connectivity index (χ1) is 11.8. The predicted molar refractivity (Wildman–Crippen MR) is 86.3 cm³/mol. The molecule has 0 saturated heterocycles. The summed E-state index contributed by atoms with van der Waals surface area (Å²) in [7, 11) is 0. The Labute approximate surface area is 139 Å². The number of hydrogen-bond donors (Lipinski definition) is 1. The molecular formula is C17H18N4O3. The van der Waals surface area contributed by atoms with Gasteiger partial charge in [-0.1, -0.05) is 10.3 Å². The molecule has 0 fully saturated rings. The van der Waals surface area contributed by atoms with E-state index in [1.54, 1.807) is 18.6 Å². The second-order valence-corrected chi connectivity index (χ2v) is 5.93. The molecule has 3 aromatic rings. The molecule has 0 amide bonds. The summed E-state index contributed by atoms with van der Waals surface area (Å²) in [5.74, 6) is 0.276. The third-order valence-electron chi connectivity index (χ3n) is 4.20. The van der Waals surface area contributed by atoms with Gasteiger partial charge < -0.3 is 19.1 Å². The molecule has 2 aromatic heterocycles. The van der Waals surface area contributed by atoms with Gasteiger partial charge in [-0.3, -0.25) is 4.90 Å². The third-order valence-corrected chi connectivity index (χ3v) is 4.20. The second-order valence-electron chi connectivity index (χ2n) is 5.93. The van der Waals surface area contributed by atoms with Gasteiger partial charge in [-0.15, -0.1) is 0 Å². The zero-order chi connectivity index (χ0) is 16.4. The highest BCUT2D eigenvalue weighted by Gasteiger charge is 2.21. The fourth-order valence-electron chi connectivity index (χ4n) is 3.07. The molecule has 1 N–H and O–H groups in total. The summed E-state index contributed by atoms with van der Waals surface area (Å²) < 4.78 is 9.86. The van der Waals surface area contributed by atoms with Gasteiger partial charge in [0.2, 0.25) is 0 Å². The summed E-state index contributed by atoms with van der Waals surface area (Å²) in [5, 5.41) is 17.9. The van der Waals surface area contributed by atoms with Crippen molar-refractivity contribution in [3.05, 3.63) is 59.8 Å². The Morgan fingerprint density at radius 3 is 2.42 bits per heavy atom. The van der Waals surface area contributed by atoms with Crippen molar-refractivity contribution in [3.63, 3.8) is 0 Å². The molecule has 4 rings (SSSR count). The number of phenolic OH excluding ortho intramolecular Hbond substituents is 1. The molecule has 7 heteroatoms. The van der Waals surface area contributed by atoms with E-state index in [0.717, 1.165) is 42.3 Å². The predicted octanol–water partition coefficient (Wildman–Crippen LogP) is 2.39. The number of phenols is 1. The Kier molecular flexibility index (Phi) is 3.92. The van der Waals surface area contributed by atoms with Crippen molar-refractivity contribution in [2.24, 2.45) is 0 Å². The largest absolute Gasteiger partial charge is 0.508 e. The lowest BCUT2D eigenvalue weighted by Gasteiger charge is -2.23. The van der Waals surface area contributed by atoms with Crippen LogP contribution in [0.4, 0.5) is 5.69 Å². The average Bonchev–Trinajstić information content (AvgIpc) is 3.22. The van der Waals surface area contributed by atoms with E-state index in [0.29, 0.717) is 13.1 Å². The van der Waals surface area contributed by atoms with Gasteiger partial charge in [0.1, 0.15) is 24.0 Å². The van der Waals surface area contributed by atoms with E-state index in [-0.39, 0.29) is 5.75 Å². The number of fused-ring (bicyclic) bond motifs is 1. The molecule has 1 aliphatic rings. The van der Waals surface area contributed by atoms with Crippen LogP contribution < -0.4 is 4.90 Å². The van der Waals surface area contributed by atoms with E-state index >= 15 is 0 Å². The zero-order valence-corrected chi connectivity index (χ0v) is 13.1. The molecular weight excluding hydrogens is 308 g/mol. The Bertz CT molecular complexity index is 786. The van der Waals surface area contributed by atoms with Crippen molar-refractivity contribution in [2.75, 3.05) is 18.0 Å². The van der Waals surface area contributed by atoms with Gasteiger partial charge in [-0.25, -0.2) is 0 Å². The summed E-state index contributed by atoms with van der Waals surface area (Å²) in [6.07, 6.45) is 3.17. The van der Waals surface area contributed by atoms with Gasteiger partial charge in [0.25, 0.3) is 0 Å². The molecule has 0 atom stereocenters. The third kappa shape index (κ3) is 3.11. The van der Waals surface area contributed by atoms with Gasteiger partial charge in [0.15, 0.2) is 0 Å². The van der Waals surface area contributed by atoms with Crippen LogP contribution in [0.3, 0.4) is 0 Å². The van der Waals surface area contributed by atoms with Crippen LogP contribution >= 0.6 is 0 Å². The highest BCUT2D eigenvalue weighted by Crippen LogP contribution is 2.30. The minimum atomic E-state index is 0.276. The molecule has 0 saturated carbocycles. The molecule has 0 radical (unpaired) electrons. The van der Waals surface area contributed by atoms with Crippen LogP contribution in [0.15, 0.2) is 51.9 Å². The van der Waals surface area contributed by atoms with Crippen molar-refractivity contribution >= 4 is 5.69 Å². The van der Waals surface area contributed by atoms with E-state index in [1.807, 2.05) is 24.3 Å². The van der Waals surface area contributed by atoms with E-state index < -0.39 is 0 Å². The Balaban J connectivity index is 1.60. The van der Waals surface area contributed by atoms with Crippen molar-refractivity contribution < 1.29 is 14.2 Å². The maximum absolute atomic E-state index is 9.87. The van der Waals surface area contributed by atoms with Crippen LogP contribution in [0.1, 0.15) is 17.0 Å². The minimum Gasteiger partial charge on any atom is -0.508 e. The van der Waals surface area contributed by atoms with E-state index in [4.69, 9.17) is 9.05 Å². The molecule has 0 aliphatic carbocycles. The fraction of sp³-hybridized carbons (Fsp3) is 0.294. The highest BCUT2D eigenvalue weighted by molar-refractivity contribution is 5.57. The lowest BCUT2D eigenvalue weighted by atomic mass is 10.1. The normalized spacial score (nSPS) is 15.2.